The zero-order valence-electron chi connectivity index (χ0n) is 23.0. The van der Waals surface area contributed by atoms with Crippen LogP contribution in [0.25, 0.3) is 6.08 Å². The summed E-state index contributed by atoms with van der Waals surface area (Å²) < 4.78 is 17.2. The predicted molar refractivity (Wildman–Crippen MR) is 152 cm³/mol. The maximum Gasteiger partial charge on any atom is 0.343 e. The van der Waals surface area contributed by atoms with Crippen LogP contribution >= 0.6 is 11.6 Å². The molecule has 9 heteroatoms. The Hall–Kier alpha value is -3.36. The van der Waals surface area contributed by atoms with E-state index in [0.29, 0.717) is 41.7 Å². The van der Waals surface area contributed by atoms with Gasteiger partial charge in [0, 0.05) is 35.7 Å². The number of esters is 1. The Labute approximate surface area is 244 Å². The van der Waals surface area contributed by atoms with Crippen molar-refractivity contribution in [2.24, 2.45) is 5.92 Å². The van der Waals surface area contributed by atoms with Crippen molar-refractivity contribution in [1.29, 1.82) is 0 Å². The van der Waals surface area contributed by atoms with Gasteiger partial charge in [0.05, 0.1) is 18.1 Å². The summed E-state index contributed by atoms with van der Waals surface area (Å²) in [5, 5.41) is 4.13. The van der Waals surface area contributed by atoms with Crippen LogP contribution in [0.1, 0.15) is 48.8 Å². The number of methoxy groups -OCH3 is 1. The zero-order valence-corrected chi connectivity index (χ0v) is 23.7. The number of benzene rings is 2. The number of rotatable bonds is 8. The summed E-state index contributed by atoms with van der Waals surface area (Å²) in [6, 6.07) is 11.2. The Kier molecular flexibility index (Phi) is 6.39. The summed E-state index contributed by atoms with van der Waals surface area (Å²) in [5.41, 5.74) is 1.54. The van der Waals surface area contributed by atoms with E-state index in [4.69, 9.17) is 25.8 Å². The highest BCUT2D eigenvalue weighted by atomic mass is 35.5. The highest BCUT2D eigenvalue weighted by Gasteiger charge is 2.74. The maximum atomic E-state index is 13.7. The molecule has 2 aromatic rings. The number of likely N-dealkylation sites (tertiary alicyclic amines) is 1. The third kappa shape index (κ3) is 4.17. The third-order valence-electron chi connectivity index (χ3n) is 9.81. The number of hydrogen-bond donors (Lipinski definition) is 1. The fourth-order valence-electron chi connectivity index (χ4n) is 7.87. The van der Waals surface area contributed by atoms with Crippen LogP contribution in [0.4, 0.5) is 0 Å². The third-order valence-corrected chi connectivity index (χ3v) is 10.1. The lowest BCUT2D eigenvalue weighted by molar-refractivity contribution is -0.148. The molecule has 0 aromatic heterocycles. The second-order valence-corrected chi connectivity index (χ2v) is 12.4. The van der Waals surface area contributed by atoms with E-state index in [9.17, 15) is 14.4 Å². The van der Waals surface area contributed by atoms with Crippen LogP contribution < -0.4 is 14.8 Å². The number of amides is 1. The van der Waals surface area contributed by atoms with Crippen LogP contribution in [0, 0.1) is 5.92 Å². The van der Waals surface area contributed by atoms with E-state index >= 15 is 0 Å². The highest BCUT2D eigenvalue weighted by Crippen LogP contribution is 2.65. The average molecular weight is 577 g/mol. The molecule has 2 heterocycles. The lowest BCUT2D eigenvalue weighted by Gasteiger charge is -2.65. The average Bonchev–Trinajstić information content (AvgIpc) is 3.72. The first kappa shape index (κ1) is 26.5. The SMILES string of the molecule is COC(=O)COc1ccc2c3c1O[C@H]1C(=O)CC[C@@]4(NC(=O)C=Cc5ccc(Cl)cc5)[C@@H](C2)N(CC2CC2)CC[C@]314. The Bertz CT molecular complexity index is 1450. The minimum Gasteiger partial charge on any atom is -0.478 e. The van der Waals surface area contributed by atoms with Crippen LogP contribution in [-0.2, 0) is 31.0 Å². The molecule has 8 nitrogen and oxygen atoms in total. The van der Waals surface area contributed by atoms with Crippen molar-refractivity contribution in [3.8, 4) is 11.5 Å². The Balaban J connectivity index is 1.31. The van der Waals surface area contributed by atoms with Gasteiger partial charge in [0.25, 0.3) is 0 Å². The van der Waals surface area contributed by atoms with Gasteiger partial charge in [0.2, 0.25) is 5.91 Å². The molecule has 2 aliphatic heterocycles. The fraction of sp³-hybridized carbons (Fsp3) is 0.469. The number of carbonyl (C=O) groups excluding carboxylic acids is 3. The zero-order chi connectivity index (χ0) is 28.4. The van der Waals surface area contributed by atoms with Crippen LogP contribution in [0.2, 0.25) is 5.02 Å². The molecule has 41 heavy (non-hydrogen) atoms. The van der Waals surface area contributed by atoms with Gasteiger partial charge in [-0.05, 0) is 80.0 Å². The van der Waals surface area contributed by atoms with Crippen LogP contribution in [0.3, 0.4) is 0 Å². The molecule has 5 aliphatic rings. The summed E-state index contributed by atoms with van der Waals surface area (Å²) in [4.78, 5) is 41.7. The number of hydrogen-bond acceptors (Lipinski definition) is 7. The fourth-order valence-corrected chi connectivity index (χ4v) is 7.99. The van der Waals surface area contributed by atoms with E-state index in [-0.39, 0.29) is 24.3 Å². The predicted octanol–water partition coefficient (Wildman–Crippen LogP) is 3.86. The van der Waals surface area contributed by atoms with Gasteiger partial charge >= 0.3 is 5.97 Å². The van der Waals surface area contributed by atoms with Gasteiger partial charge in [-0.2, -0.15) is 0 Å². The molecule has 2 aromatic carbocycles. The number of piperidine rings is 1. The Morgan fingerprint density at radius 3 is 2.73 bits per heavy atom. The number of nitrogens with one attached hydrogen (secondary N) is 1. The van der Waals surface area contributed by atoms with E-state index in [2.05, 4.69) is 10.2 Å². The number of halogens is 1. The first-order valence-electron chi connectivity index (χ1n) is 14.4. The molecular weight excluding hydrogens is 544 g/mol. The van der Waals surface area contributed by atoms with Gasteiger partial charge in [-0.3, -0.25) is 14.5 Å². The molecule has 2 bridgehead atoms. The van der Waals surface area contributed by atoms with Crippen LogP contribution in [-0.4, -0.2) is 67.1 Å². The van der Waals surface area contributed by atoms with E-state index in [1.165, 1.54) is 20.0 Å². The standard InChI is InChI=1S/C32H33ClN2O6/c1-39-27(38)18-40-24-10-7-21-16-25-32(34-26(37)11-6-19-4-8-22(33)9-5-19)13-12-23(36)30-31(32,28(21)29(24)41-30)14-15-35(25)17-20-2-3-20/h4-11,20,25,30H,2-3,12-18H2,1H3,(H,34,37)/t25-,30+,31+,32-/m1/s1. The largest absolute Gasteiger partial charge is 0.478 e. The summed E-state index contributed by atoms with van der Waals surface area (Å²) in [7, 11) is 1.31. The number of carbonyl (C=O) groups is 3. The second-order valence-electron chi connectivity index (χ2n) is 12.0. The normalized spacial score (nSPS) is 29.6. The van der Waals surface area contributed by atoms with Gasteiger partial charge < -0.3 is 19.5 Å². The minimum atomic E-state index is -0.723. The molecule has 4 atom stereocenters. The summed E-state index contributed by atoms with van der Waals surface area (Å²) in [6.45, 7) is 1.58. The minimum absolute atomic E-state index is 0.0317. The van der Waals surface area contributed by atoms with E-state index in [1.54, 1.807) is 24.3 Å². The smallest absolute Gasteiger partial charge is 0.343 e. The van der Waals surface area contributed by atoms with Crippen molar-refractivity contribution in [2.45, 2.75) is 61.6 Å². The molecule has 7 rings (SSSR count). The van der Waals surface area contributed by atoms with Crippen molar-refractivity contribution >= 4 is 35.3 Å². The summed E-state index contributed by atoms with van der Waals surface area (Å²) in [5.74, 6) is 0.990. The molecule has 0 radical (unpaired) electrons. The van der Waals surface area contributed by atoms with Gasteiger partial charge in [-0.15, -0.1) is 0 Å². The Morgan fingerprint density at radius 2 is 1.98 bits per heavy atom. The van der Waals surface area contributed by atoms with E-state index < -0.39 is 23.0 Å². The molecule has 2 saturated carbocycles. The monoisotopic (exact) mass is 576 g/mol. The van der Waals surface area contributed by atoms with Crippen molar-refractivity contribution in [1.82, 2.24) is 10.2 Å². The van der Waals surface area contributed by atoms with Crippen molar-refractivity contribution in [3.63, 3.8) is 0 Å². The molecule has 3 aliphatic carbocycles. The molecule has 1 amide bonds. The lowest BCUT2D eigenvalue weighted by Crippen LogP contribution is -2.81. The van der Waals surface area contributed by atoms with Gasteiger partial charge in [0.15, 0.2) is 30.0 Å². The number of nitrogens with zero attached hydrogens (tertiary/aromatic N) is 1. The topological polar surface area (TPSA) is 94.2 Å². The number of ether oxygens (including phenoxy) is 3. The van der Waals surface area contributed by atoms with Gasteiger partial charge in [0.1, 0.15) is 0 Å². The van der Waals surface area contributed by atoms with Crippen molar-refractivity contribution in [3.05, 3.63) is 64.2 Å². The molecule has 1 N–H and O–H groups in total. The van der Waals surface area contributed by atoms with E-state index in [1.807, 2.05) is 24.3 Å². The quantitative estimate of drug-likeness (QED) is 0.377. The van der Waals surface area contributed by atoms with Gasteiger partial charge in [-0.25, -0.2) is 4.79 Å². The second kappa shape index (κ2) is 9.88. The molecular formula is C32H33ClN2O6. The van der Waals surface area contributed by atoms with Crippen molar-refractivity contribution in [2.75, 3.05) is 26.8 Å². The summed E-state index contributed by atoms with van der Waals surface area (Å²) in [6.07, 6.45) is 7.41. The lowest BCUT2D eigenvalue weighted by atomic mass is 9.47. The van der Waals surface area contributed by atoms with Gasteiger partial charge in [-0.1, -0.05) is 29.8 Å². The molecule has 1 saturated heterocycles. The van der Waals surface area contributed by atoms with E-state index in [0.717, 1.165) is 36.2 Å². The first-order valence-corrected chi connectivity index (χ1v) is 14.8. The van der Waals surface area contributed by atoms with Crippen LogP contribution in [0.5, 0.6) is 11.5 Å². The highest BCUT2D eigenvalue weighted by molar-refractivity contribution is 6.30. The first-order chi connectivity index (χ1) is 19.8. The number of ketones is 1. The molecule has 214 valence electrons. The van der Waals surface area contributed by atoms with Crippen molar-refractivity contribution < 1.29 is 28.6 Å². The molecule has 1 spiro atoms. The Morgan fingerprint density at radius 1 is 1.17 bits per heavy atom. The molecule has 3 fully saturated rings. The maximum absolute atomic E-state index is 13.7. The number of Topliss-reactive ketones (excluding diaryl/α,β-unsaturated/α-hetero) is 1. The van der Waals surface area contributed by atoms with Crippen LogP contribution in [0.15, 0.2) is 42.5 Å². The summed E-state index contributed by atoms with van der Waals surface area (Å²) >= 11 is 6.03. The molecule has 0 unspecified atom stereocenters.